The lowest BCUT2D eigenvalue weighted by Gasteiger charge is -2.33. The van der Waals surface area contributed by atoms with E-state index in [0.29, 0.717) is 17.1 Å². The molecule has 1 fully saturated rings. The molecule has 0 N–H and O–H groups in total. The van der Waals surface area contributed by atoms with E-state index in [1.54, 1.807) is 16.3 Å². The molecule has 0 spiro atoms. The van der Waals surface area contributed by atoms with Gasteiger partial charge in [-0.15, -0.1) is 16.9 Å². The Labute approximate surface area is 206 Å². The number of hydrogen-bond acceptors (Lipinski definition) is 10. The van der Waals surface area contributed by atoms with Crippen molar-refractivity contribution in [2.75, 3.05) is 24.2 Å². The first-order valence-corrected chi connectivity index (χ1v) is 13.6. The van der Waals surface area contributed by atoms with Crippen molar-refractivity contribution in [2.45, 2.75) is 57.6 Å². The molecule has 180 valence electrons. The lowest BCUT2D eigenvalue weighted by molar-refractivity contribution is 0.130. The molecule has 1 unspecified atom stereocenters. The Hall–Kier alpha value is -2.66. The number of ether oxygens (including phenoxy) is 1. The third-order valence-electron chi connectivity index (χ3n) is 6.28. The molecule has 0 amide bonds. The van der Waals surface area contributed by atoms with E-state index in [4.69, 9.17) is 14.2 Å². The third-order valence-corrected chi connectivity index (χ3v) is 7.74. The van der Waals surface area contributed by atoms with Crippen LogP contribution in [0.25, 0.3) is 16.2 Å². The lowest BCUT2D eigenvalue weighted by atomic mass is 9.92. The molecule has 5 heterocycles. The summed E-state index contributed by atoms with van der Waals surface area (Å²) < 4.78 is 13.5. The van der Waals surface area contributed by atoms with Crippen molar-refractivity contribution in [1.82, 2.24) is 29.7 Å². The predicted octanol–water partition coefficient (Wildman–Crippen LogP) is 5.07. The van der Waals surface area contributed by atoms with Crippen LogP contribution in [-0.4, -0.2) is 55.2 Å². The summed E-state index contributed by atoms with van der Waals surface area (Å²) in [5.41, 5.74) is 2.87. The Morgan fingerprint density at radius 2 is 1.94 bits per heavy atom. The van der Waals surface area contributed by atoms with Crippen molar-refractivity contribution in [3.05, 3.63) is 29.8 Å². The Bertz CT molecular complexity index is 1240. The van der Waals surface area contributed by atoms with E-state index in [2.05, 4.69) is 52.0 Å². The minimum absolute atomic E-state index is 0.0666. The normalized spacial score (nSPS) is 16.0. The summed E-state index contributed by atoms with van der Waals surface area (Å²) in [5, 5.41) is 10.4. The SMILES string of the molecule is CSc1ccc(-c2cn3nc(OC(C)C4CCN(c5nc(C(C)C)no5)CC4)sc3n2)c(C)n1. The molecule has 1 aliphatic heterocycles. The third kappa shape index (κ3) is 4.63. The first-order valence-electron chi connectivity index (χ1n) is 11.5. The number of anilines is 1. The second-order valence-electron chi connectivity index (χ2n) is 8.95. The van der Waals surface area contributed by atoms with Crippen LogP contribution in [0.1, 0.15) is 51.0 Å². The van der Waals surface area contributed by atoms with Crippen molar-refractivity contribution in [3.8, 4) is 16.5 Å². The molecule has 5 rings (SSSR count). The van der Waals surface area contributed by atoms with Gasteiger partial charge in [-0.05, 0) is 62.3 Å². The van der Waals surface area contributed by atoms with Crippen molar-refractivity contribution < 1.29 is 9.26 Å². The first kappa shape index (κ1) is 23.1. The second-order valence-corrected chi connectivity index (χ2v) is 10.7. The molecule has 4 aromatic rings. The molecule has 11 heteroatoms. The number of aromatic nitrogens is 6. The highest BCUT2D eigenvalue weighted by atomic mass is 32.2. The quantitative estimate of drug-likeness (QED) is 0.323. The molecule has 1 atom stereocenters. The van der Waals surface area contributed by atoms with E-state index >= 15 is 0 Å². The van der Waals surface area contributed by atoms with Crippen LogP contribution in [0.15, 0.2) is 27.9 Å². The predicted molar refractivity (Wildman–Crippen MR) is 134 cm³/mol. The summed E-state index contributed by atoms with van der Waals surface area (Å²) in [6.07, 6.45) is 6.05. The van der Waals surface area contributed by atoms with E-state index in [-0.39, 0.29) is 12.0 Å². The Morgan fingerprint density at radius 1 is 1.15 bits per heavy atom. The molecule has 0 radical (unpaired) electrons. The molecular formula is C23H29N7O2S2. The zero-order valence-electron chi connectivity index (χ0n) is 20.1. The maximum Gasteiger partial charge on any atom is 0.324 e. The van der Waals surface area contributed by atoms with Crippen LogP contribution in [0.5, 0.6) is 5.19 Å². The van der Waals surface area contributed by atoms with Gasteiger partial charge in [0.2, 0.25) is 4.96 Å². The molecule has 0 saturated carbocycles. The smallest absolute Gasteiger partial charge is 0.324 e. The van der Waals surface area contributed by atoms with E-state index < -0.39 is 0 Å². The highest BCUT2D eigenvalue weighted by Gasteiger charge is 2.28. The van der Waals surface area contributed by atoms with Gasteiger partial charge in [-0.25, -0.2) is 14.5 Å². The van der Waals surface area contributed by atoms with Crippen molar-refractivity contribution in [3.63, 3.8) is 0 Å². The monoisotopic (exact) mass is 499 g/mol. The molecule has 9 nitrogen and oxygen atoms in total. The van der Waals surface area contributed by atoms with E-state index in [0.717, 1.165) is 58.7 Å². The molecule has 34 heavy (non-hydrogen) atoms. The van der Waals surface area contributed by atoms with Crippen LogP contribution < -0.4 is 9.64 Å². The summed E-state index contributed by atoms with van der Waals surface area (Å²) in [4.78, 5) is 16.9. The lowest BCUT2D eigenvalue weighted by Crippen LogP contribution is -2.38. The number of pyridine rings is 1. The van der Waals surface area contributed by atoms with E-state index in [1.807, 2.05) is 25.4 Å². The molecule has 1 aliphatic rings. The van der Waals surface area contributed by atoms with Gasteiger partial charge in [-0.3, -0.25) is 0 Å². The minimum atomic E-state index is 0.0666. The molecule has 0 aliphatic carbocycles. The highest BCUT2D eigenvalue weighted by molar-refractivity contribution is 7.98. The number of rotatable bonds is 7. The molecule has 0 bridgehead atoms. The number of thioether (sulfide) groups is 1. The Balaban J connectivity index is 1.20. The van der Waals surface area contributed by atoms with Gasteiger partial charge in [0.25, 0.3) is 5.19 Å². The summed E-state index contributed by atoms with van der Waals surface area (Å²) in [7, 11) is 0. The van der Waals surface area contributed by atoms with Crippen LogP contribution in [0.3, 0.4) is 0 Å². The van der Waals surface area contributed by atoms with Crippen LogP contribution in [-0.2, 0) is 0 Å². The molecule has 1 saturated heterocycles. The fraction of sp³-hybridized carbons (Fsp3) is 0.522. The number of imidazole rings is 1. The number of fused-ring (bicyclic) bond motifs is 1. The summed E-state index contributed by atoms with van der Waals surface area (Å²) >= 11 is 3.11. The largest absolute Gasteiger partial charge is 0.466 e. The minimum Gasteiger partial charge on any atom is -0.466 e. The van der Waals surface area contributed by atoms with E-state index in [1.165, 1.54) is 11.3 Å². The number of aryl methyl sites for hydroxylation is 1. The maximum absolute atomic E-state index is 6.23. The second kappa shape index (κ2) is 9.53. The summed E-state index contributed by atoms with van der Waals surface area (Å²) in [6, 6.07) is 4.72. The average Bonchev–Trinajstić information content (AvgIpc) is 3.54. The summed E-state index contributed by atoms with van der Waals surface area (Å²) in [5.74, 6) is 1.47. The highest BCUT2D eigenvalue weighted by Crippen LogP contribution is 2.31. The Kier molecular flexibility index (Phi) is 6.48. The average molecular weight is 500 g/mol. The maximum atomic E-state index is 6.23. The van der Waals surface area contributed by atoms with Crippen LogP contribution in [0.2, 0.25) is 0 Å². The van der Waals surface area contributed by atoms with Crippen molar-refractivity contribution >= 4 is 34.1 Å². The van der Waals surface area contributed by atoms with Crippen LogP contribution in [0.4, 0.5) is 6.01 Å². The first-order chi connectivity index (χ1) is 16.4. The number of hydrogen-bond donors (Lipinski definition) is 0. The van der Waals surface area contributed by atoms with Gasteiger partial charge >= 0.3 is 6.01 Å². The van der Waals surface area contributed by atoms with Gasteiger partial charge in [-0.1, -0.05) is 19.0 Å². The fourth-order valence-electron chi connectivity index (χ4n) is 4.19. The molecule has 0 aromatic carbocycles. The van der Waals surface area contributed by atoms with Gasteiger partial charge in [0.15, 0.2) is 5.82 Å². The van der Waals surface area contributed by atoms with Crippen molar-refractivity contribution in [1.29, 1.82) is 0 Å². The number of nitrogens with zero attached hydrogens (tertiary/aromatic N) is 7. The zero-order valence-corrected chi connectivity index (χ0v) is 21.7. The van der Waals surface area contributed by atoms with Gasteiger partial charge in [-0.2, -0.15) is 4.98 Å². The fourth-order valence-corrected chi connectivity index (χ4v) is 5.43. The van der Waals surface area contributed by atoms with Gasteiger partial charge < -0.3 is 14.2 Å². The van der Waals surface area contributed by atoms with E-state index in [9.17, 15) is 0 Å². The van der Waals surface area contributed by atoms with Gasteiger partial charge in [0.05, 0.1) is 16.9 Å². The van der Waals surface area contributed by atoms with Crippen LogP contribution in [0, 0.1) is 12.8 Å². The van der Waals surface area contributed by atoms with Crippen molar-refractivity contribution in [2.24, 2.45) is 5.92 Å². The van der Waals surface area contributed by atoms with Gasteiger partial charge in [0, 0.05) is 30.3 Å². The number of piperidine rings is 1. The van der Waals surface area contributed by atoms with Crippen LogP contribution >= 0.6 is 23.1 Å². The summed E-state index contributed by atoms with van der Waals surface area (Å²) in [6.45, 7) is 10.0. The Morgan fingerprint density at radius 3 is 2.59 bits per heavy atom. The zero-order chi connectivity index (χ0) is 23.8. The molecule has 4 aromatic heterocycles. The standard InChI is InChI=1S/C23H29N7O2S2/c1-13(2)20-26-21(32-28-20)29-10-8-16(9-11-29)15(4)31-23-27-30-12-18(25-22(30)34-23)17-6-7-19(33-5)24-14(17)3/h6-7,12-13,15-16H,8-11H2,1-5H3. The van der Waals surface area contributed by atoms with Gasteiger partial charge in [0.1, 0.15) is 6.10 Å². The topological polar surface area (TPSA) is 94.5 Å². The molecular weight excluding hydrogens is 470 g/mol.